The van der Waals surface area contributed by atoms with Gasteiger partial charge in [0.2, 0.25) is 5.91 Å². The zero-order valence-electron chi connectivity index (χ0n) is 20.3. The van der Waals surface area contributed by atoms with E-state index >= 15 is 0 Å². The van der Waals surface area contributed by atoms with E-state index in [-0.39, 0.29) is 42.8 Å². The predicted molar refractivity (Wildman–Crippen MR) is 124 cm³/mol. The number of nitrogens with zero attached hydrogens (tertiary/aromatic N) is 5. The van der Waals surface area contributed by atoms with Gasteiger partial charge in [-0.3, -0.25) is 4.79 Å². The van der Waals surface area contributed by atoms with E-state index in [0.717, 1.165) is 6.07 Å². The third-order valence-electron chi connectivity index (χ3n) is 6.66. The highest BCUT2D eigenvalue weighted by Gasteiger charge is 2.66. The zero-order valence-corrected chi connectivity index (χ0v) is 20.3. The molecule has 1 aromatic carbocycles. The van der Waals surface area contributed by atoms with Crippen molar-refractivity contribution in [2.45, 2.75) is 50.7 Å². The van der Waals surface area contributed by atoms with Crippen LogP contribution < -0.4 is 5.32 Å². The number of benzene rings is 1. The normalized spacial score (nSPS) is 14.6. The molecule has 0 unspecified atom stereocenters. The summed E-state index contributed by atoms with van der Waals surface area (Å²) < 4.78 is 85.7. The molecule has 204 valence electrons. The number of rotatable bonds is 8. The van der Waals surface area contributed by atoms with E-state index in [4.69, 9.17) is 4.52 Å². The van der Waals surface area contributed by atoms with E-state index in [0.29, 0.717) is 32.9 Å². The van der Waals surface area contributed by atoms with Crippen molar-refractivity contribution in [1.82, 2.24) is 24.9 Å². The molecule has 14 heteroatoms. The Kier molecular flexibility index (Phi) is 6.64. The summed E-state index contributed by atoms with van der Waals surface area (Å²) in [6.45, 7) is -1.23. The molecule has 3 heterocycles. The molecule has 8 nitrogen and oxygen atoms in total. The van der Waals surface area contributed by atoms with E-state index in [9.17, 15) is 31.1 Å². The van der Waals surface area contributed by atoms with Gasteiger partial charge >= 0.3 is 12.7 Å². The molecule has 0 aliphatic heterocycles. The Bertz CT molecular complexity index is 1510. The molecule has 0 atom stereocenters. The highest BCUT2D eigenvalue weighted by molar-refractivity contribution is 5.91. The quantitative estimate of drug-likeness (QED) is 0.290. The molecule has 1 aliphatic rings. The highest BCUT2D eigenvalue weighted by Crippen LogP contribution is 2.59. The Morgan fingerprint density at radius 3 is 2.41 bits per heavy atom. The Balaban J connectivity index is 1.21. The Morgan fingerprint density at radius 2 is 1.82 bits per heavy atom. The lowest BCUT2D eigenvalue weighted by Crippen LogP contribution is -2.28. The van der Waals surface area contributed by atoms with E-state index in [1.54, 1.807) is 6.07 Å². The van der Waals surface area contributed by atoms with Gasteiger partial charge < -0.3 is 9.84 Å². The van der Waals surface area contributed by atoms with Gasteiger partial charge in [0.05, 0.1) is 12.6 Å². The van der Waals surface area contributed by atoms with E-state index in [1.807, 2.05) is 0 Å². The van der Waals surface area contributed by atoms with Crippen LogP contribution in [0.4, 0.5) is 32.2 Å². The molecule has 0 saturated heterocycles. The molecule has 1 saturated carbocycles. The molecule has 3 aromatic heterocycles. The Labute approximate surface area is 217 Å². The molecule has 5 rings (SSSR count). The number of carbonyl (C=O) groups is 1. The molecule has 1 fully saturated rings. The number of hydrogen-bond acceptors (Lipinski definition) is 6. The maximum Gasteiger partial charge on any atom is 0.401 e. The van der Waals surface area contributed by atoms with Crippen LogP contribution in [0.25, 0.3) is 11.1 Å². The van der Waals surface area contributed by atoms with Crippen LogP contribution in [-0.4, -0.2) is 37.0 Å². The summed E-state index contributed by atoms with van der Waals surface area (Å²) in [4.78, 5) is 20.8. The number of carbonyl (C=O) groups excluding carboxylic acids is 1. The van der Waals surface area contributed by atoms with Crippen LogP contribution in [0.15, 0.2) is 47.4 Å². The largest absolute Gasteiger partial charge is 0.401 e. The monoisotopic (exact) mass is 550 g/mol. The maximum atomic E-state index is 14.8. The predicted octanol–water partition coefficient (Wildman–Crippen LogP) is 5.54. The molecule has 4 aromatic rings. The van der Waals surface area contributed by atoms with Gasteiger partial charge in [-0.1, -0.05) is 17.3 Å². The minimum absolute atomic E-state index is 0.0537. The number of halogens is 6. The van der Waals surface area contributed by atoms with Crippen LogP contribution in [-0.2, 0) is 23.1 Å². The molecular formula is C25H20F6N6O2. The van der Waals surface area contributed by atoms with Gasteiger partial charge in [-0.25, -0.2) is 19.0 Å². The van der Waals surface area contributed by atoms with Crippen molar-refractivity contribution < 1.29 is 35.7 Å². The van der Waals surface area contributed by atoms with Crippen LogP contribution >= 0.6 is 0 Å². The van der Waals surface area contributed by atoms with Crippen molar-refractivity contribution in [2.24, 2.45) is 0 Å². The summed E-state index contributed by atoms with van der Waals surface area (Å²) in [6, 6.07) is 5.20. The van der Waals surface area contributed by atoms with Gasteiger partial charge in [-0.2, -0.15) is 27.1 Å². The molecule has 39 heavy (non-hydrogen) atoms. The van der Waals surface area contributed by atoms with Gasteiger partial charge in [0.15, 0.2) is 11.6 Å². The number of aromatic nitrogens is 5. The van der Waals surface area contributed by atoms with Crippen molar-refractivity contribution in [3.63, 3.8) is 0 Å². The van der Waals surface area contributed by atoms with Crippen molar-refractivity contribution in [1.29, 1.82) is 0 Å². The summed E-state index contributed by atoms with van der Waals surface area (Å²) in [5.41, 5.74) is -0.237. The van der Waals surface area contributed by atoms with Gasteiger partial charge in [0.25, 0.3) is 0 Å². The summed E-state index contributed by atoms with van der Waals surface area (Å²) in [5, 5.41) is 9.47. The average Bonchev–Trinajstić information content (AvgIpc) is 3.46. The minimum atomic E-state index is -4.48. The fraction of sp³-hybridized carbons (Fsp3) is 0.320. The second-order valence-electron chi connectivity index (χ2n) is 9.23. The fourth-order valence-corrected chi connectivity index (χ4v) is 4.18. The summed E-state index contributed by atoms with van der Waals surface area (Å²) in [7, 11) is 0. The average molecular weight is 550 g/mol. The van der Waals surface area contributed by atoms with Crippen LogP contribution in [0.5, 0.6) is 0 Å². The van der Waals surface area contributed by atoms with Crippen LogP contribution in [0, 0.1) is 12.7 Å². The lowest BCUT2D eigenvalue weighted by Gasteiger charge is -2.14. The first-order valence-electron chi connectivity index (χ1n) is 11.7. The summed E-state index contributed by atoms with van der Waals surface area (Å²) in [6.07, 6.45) is -0.655. The first kappa shape index (κ1) is 26.4. The van der Waals surface area contributed by atoms with Gasteiger partial charge in [-0.15, -0.1) is 0 Å². The Morgan fingerprint density at radius 1 is 1.10 bits per heavy atom. The number of hydrogen-bond donors (Lipinski definition) is 1. The maximum absolute atomic E-state index is 14.8. The van der Waals surface area contributed by atoms with Crippen molar-refractivity contribution >= 4 is 11.7 Å². The first-order valence-corrected chi connectivity index (χ1v) is 11.7. The van der Waals surface area contributed by atoms with E-state index in [1.165, 1.54) is 37.6 Å². The SMILES string of the molecule is Cc1c(Cc2ncc(-c3ccc(CC(=O)Nc4cc(C5(C(F)(F)F)CC5)on4)c(F)c3)cn2)cnn1C(F)F. The number of anilines is 1. The van der Waals surface area contributed by atoms with Crippen LogP contribution in [0.1, 0.15) is 47.8 Å². The number of alkyl halides is 5. The first-order chi connectivity index (χ1) is 18.5. The lowest BCUT2D eigenvalue weighted by atomic mass is 10.0. The second kappa shape index (κ2) is 9.82. The van der Waals surface area contributed by atoms with Crippen molar-refractivity contribution in [2.75, 3.05) is 5.32 Å². The van der Waals surface area contributed by atoms with Crippen LogP contribution in [0.3, 0.4) is 0 Å². The zero-order chi connectivity index (χ0) is 27.9. The molecule has 0 spiro atoms. The summed E-state index contributed by atoms with van der Waals surface area (Å²) in [5.74, 6) is -1.56. The van der Waals surface area contributed by atoms with Gasteiger partial charge in [0, 0.05) is 41.7 Å². The molecule has 1 aliphatic carbocycles. The van der Waals surface area contributed by atoms with Crippen LogP contribution in [0.2, 0.25) is 0 Å². The fourth-order valence-electron chi connectivity index (χ4n) is 4.18. The molecule has 0 bridgehead atoms. The highest BCUT2D eigenvalue weighted by atomic mass is 19.4. The molecular weight excluding hydrogens is 530 g/mol. The standard InChI is InChI=1S/C25H20F6N6O2/c1-13-16(12-34-37(13)23(27)28)7-20-32-10-17(11-33-20)14-2-3-15(18(26)6-14)8-22(38)35-21-9-19(39-36-21)24(4-5-24)25(29,30)31/h2-3,6,9-12,23H,4-5,7-8H2,1H3,(H,35,36,38). The molecule has 1 N–H and O–H groups in total. The number of nitrogens with one attached hydrogen (secondary N) is 1. The van der Waals surface area contributed by atoms with Crippen molar-refractivity contribution in [3.8, 4) is 11.1 Å². The van der Waals surface area contributed by atoms with Gasteiger partial charge in [0.1, 0.15) is 17.1 Å². The smallest absolute Gasteiger partial charge is 0.358 e. The molecule has 0 radical (unpaired) electrons. The number of amides is 1. The molecule has 1 amide bonds. The second-order valence-corrected chi connectivity index (χ2v) is 9.23. The third kappa shape index (κ3) is 5.22. The Hall–Kier alpha value is -4.23. The summed E-state index contributed by atoms with van der Waals surface area (Å²) >= 11 is 0. The topological polar surface area (TPSA) is 98.7 Å². The lowest BCUT2D eigenvalue weighted by molar-refractivity contribution is -0.165. The van der Waals surface area contributed by atoms with E-state index < -0.39 is 29.9 Å². The van der Waals surface area contributed by atoms with Crippen molar-refractivity contribution in [3.05, 3.63) is 77.1 Å². The van der Waals surface area contributed by atoms with Gasteiger partial charge in [-0.05, 0) is 37.0 Å². The third-order valence-corrected chi connectivity index (χ3v) is 6.66. The minimum Gasteiger partial charge on any atom is -0.358 e. The van der Waals surface area contributed by atoms with E-state index in [2.05, 4.69) is 25.5 Å².